The third-order valence-corrected chi connectivity index (χ3v) is 7.69. The molecule has 0 spiro atoms. The average Bonchev–Trinajstić information content (AvgIpc) is 2.27. The summed E-state index contributed by atoms with van der Waals surface area (Å²) in [6.07, 6.45) is 0. The van der Waals surface area contributed by atoms with Gasteiger partial charge in [-0.15, -0.1) is 0 Å². The Labute approximate surface area is 128 Å². The van der Waals surface area contributed by atoms with Gasteiger partial charge in [-0.25, -0.2) is 25.6 Å². The van der Waals surface area contributed by atoms with Gasteiger partial charge >= 0.3 is 0 Å². The fourth-order valence-corrected chi connectivity index (χ4v) is 6.05. The normalized spacial score (nSPS) is 17.7. The van der Waals surface area contributed by atoms with E-state index in [2.05, 4.69) is 0 Å². The molecule has 0 atom stereocenters. The Morgan fingerprint density at radius 2 is 1.77 bits per heavy atom. The van der Waals surface area contributed by atoms with E-state index in [1.165, 1.54) is 0 Å². The maximum Gasteiger partial charge on any atom is 0.246 e. The van der Waals surface area contributed by atoms with Gasteiger partial charge in [-0.1, -0.05) is 13.8 Å². The first-order valence-corrected chi connectivity index (χ1v) is 9.86. The number of hydrogen-bond acceptors (Lipinski definition) is 4. The predicted molar refractivity (Wildman–Crippen MR) is 77.5 cm³/mol. The van der Waals surface area contributed by atoms with Crippen molar-refractivity contribution in [2.24, 2.45) is 5.92 Å². The molecular weight excluding hydrogens is 336 g/mol. The summed E-state index contributed by atoms with van der Waals surface area (Å²) < 4.78 is 76.0. The zero-order chi connectivity index (χ0) is 16.7. The molecule has 0 aromatic heterocycles. The Bertz CT molecular complexity index is 769. The molecule has 9 heteroatoms. The smallest absolute Gasteiger partial charge is 0.228 e. The molecule has 1 saturated heterocycles. The molecule has 0 amide bonds. The molecule has 1 aliphatic rings. The van der Waals surface area contributed by atoms with E-state index in [-0.39, 0.29) is 24.8 Å². The van der Waals surface area contributed by atoms with Crippen molar-refractivity contribution in [2.75, 3.05) is 18.8 Å². The quantitative estimate of drug-likeness (QED) is 0.802. The van der Waals surface area contributed by atoms with Crippen molar-refractivity contribution in [1.29, 1.82) is 0 Å². The van der Waals surface area contributed by atoms with Crippen molar-refractivity contribution in [3.63, 3.8) is 0 Å². The minimum Gasteiger partial charge on any atom is -0.228 e. The molecule has 2 rings (SSSR count). The lowest BCUT2D eigenvalue weighted by molar-refractivity contribution is 0.307. The Morgan fingerprint density at radius 3 is 2.32 bits per heavy atom. The zero-order valence-corrected chi connectivity index (χ0v) is 13.8. The van der Waals surface area contributed by atoms with Crippen molar-refractivity contribution in [2.45, 2.75) is 24.0 Å². The number of hydrogen-bond donors (Lipinski definition) is 0. The standard InChI is InChI=1S/C13H17F2NO4S2/c1-9(2)8-21(17,18)11-6-16(7-11)22(19,20)13-5-10(14)3-4-12(13)15/h3-5,9,11H,6-8H2,1-2H3. The van der Waals surface area contributed by atoms with Crippen LogP contribution in [0.5, 0.6) is 0 Å². The monoisotopic (exact) mass is 353 g/mol. The van der Waals surface area contributed by atoms with Gasteiger partial charge in [-0.3, -0.25) is 0 Å². The predicted octanol–water partition coefficient (Wildman–Crippen LogP) is 1.41. The first-order valence-electron chi connectivity index (χ1n) is 6.71. The number of rotatable bonds is 5. The van der Waals surface area contributed by atoms with Crippen LogP contribution in [-0.4, -0.2) is 45.2 Å². The molecule has 0 radical (unpaired) electrons. The van der Waals surface area contributed by atoms with E-state index < -0.39 is 41.6 Å². The minimum absolute atomic E-state index is 0.0279. The fraction of sp³-hybridized carbons (Fsp3) is 0.538. The molecule has 1 fully saturated rings. The van der Waals surface area contributed by atoms with E-state index in [4.69, 9.17) is 0 Å². The minimum atomic E-state index is -4.22. The largest absolute Gasteiger partial charge is 0.246 e. The van der Waals surface area contributed by atoms with Crippen molar-refractivity contribution in [3.05, 3.63) is 29.8 Å². The number of benzene rings is 1. The van der Waals surface area contributed by atoms with Crippen LogP contribution in [-0.2, 0) is 19.9 Å². The molecular formula is C13H17F2NO4S2. The van der Waals surface area contributed by atoms with Gasteiger partial charge in [-0.2, -0.15) is 4.31 Å². The van der Waals surface area contributed by atoms with Gasteiger partial charge in [0.2, 0.25) is 10.0 Å². The summed E-state index contributed by atoms with van der Waals surface area (Å²) in [6.45, 7) is 3.06. The van der Waals surface area contributed by atoms with E-state index in [9.17, 15) is 25.6 Å². The van der Waals surface area contributed by atoms with Crippen molar-refractivity contribution < 1.29 is 25.6 Å². The van der Waals surface area contributed by atoms with Gasteiger partial charge in [0.1, 0.15) is 16.5 Å². The van der Waals surface area contributed by atoms with Gasteiger partial charge in [-0.05, 0) is 24.1 Å². The highest BCUT2D eigenvalue weighted by atomic mass is 32.2. The molecule has 124 valence electrons. The molecule has 0 N–H and O–H groups in total. The molecule has 0 saturated carbocycles. The van der Waals surface area contributed by atoms with Crippen LogP contribution < -0.4 is 0 Å². The van der Waals surface area contributed by atoms with Crippen LogP contribution in [0.3, 0.4) is 0 Å². The third-order valence-electron chi connectivity index (χ3n) is 3.40. The zero-order valence-electron chi connectivity index (χ0n) is 12.2. The van der Waals surface area contributed by atoms with Gasteiger partial charge in [0, 0.05) is 13.1 Å². The number of halogens is 2. The van der Waals surface area contributed by atoms with Crippen LogP contribution in [0.15, 0.2) is 23.1 Å². The lowest BCUT2D eigenvalue weighted by Gasteiger charge is -2.37. The van der Waals surface area contributed by atoms with Gasteiger partial charge in [0.15, 0.2) is 9.84 Å². The Hall–Kier alpha value is -1.06. The summed E-state index contributed by atoms with van der Waals surface area (Å²) in [5.74, 6) is -2.02. The number of sulfonamides is 1. The van der Waals surface area contributed by atoms with E-state index in [0.29, 0.717) is 6.07 Å². The van der Waals surface area contributed by atoms with Gasteiger partial charge in [0.25, 0.3) is 0 Å². The molecule has 1 aliphatic heterocycles. The number of nitrogens with zero attached hydrogens (tertiary/aromatic N) is 1. The van der Waals surface area contributed by atoms with Gasteiger partial charge in [0.05, 0.1) is 11.0 Å². The van der Waals surface area contributed by atoms with Gasteiger partial charge < -0.3 is 0 Å². The highest BCUT2D eigenvalue weighted by molar-refractivity contribution is 7.92. The number of sulfone groups is 1. The summed E-state index contributed by atoms with van der Waals surface area (Å²) >= 11 is 0. The molecule has 1 aromatic carbocycles. The van der Waals surface area contributed by atoms with Crippen molar-refractivity contribution in [3.8, 4) is 0 Å². The van der Waals surface area contributed by atoms with E-state index >= 15 is 0 Å². The molecule has 22 heavy (non-hydrogen) atoms. The van der Waals surface area contributed by atoms with Crippen molar-refractivity contribution >= 4 is 19.9 Å². The lowest BCUT2D eigenvalue weighted by atomic mass is 10.3. The van der Waals surface area contributed by atoms with Crippen LogP contribution in [0, 0.1) is 17.6 Å². The Kier molecular flexibility index (Phi) is 4.61. The summed E-state index contributed by atoms with van der Waals surface area (Å²) in [7, 11) is -7.61. The van der Waals surface area contributed by atoms with Crippen LogP contribution in [0.1, 0.15) is 13.8 Å². The second-order valence-electron chi connectivity index (χ2n) is 5.74. The van der Waals surface area contributed by atoms with Crippen molar-refractivity contribution in [1.82, 2.24) is 4.31 Å². The van der Waals surface area contributed by atoms with E-state index in [0.717, 1.165) is 16.4 Å². The maximum atomic E-state index is 13.6. The second-order valence-corrected chi connectivity index (χ2v) is 9.97. The molecule has 0 aliphatic carbocycles. The highest BCUT2D eigenvalue weighted by Crippen LogP contribution is 2.28. The molecule has 0 bridgehead atoms. The summed E-state index contributed by atoms with van der Waals surface area (Å²) in [4.78, 5) is -0.771. The first-order chi connectivity index (χ1) is 10.0. The van der Waals surface area contributed by atoms with Crippen LogP contribution in [0.4, 0.5) is 8.78 Å². The van der Waals surface area contributed by atoms with E-state index in [1.54, 1.807) is 13.8 Å². The Balaban J connectivity index is 2.17. The fourth-order valence-electron chi connectivity index (χ4n) is 2.24. The second kappa shape index (κ2) is 5.86. The third kappa shape index (κ3) is 3.31. The molecule has 1 heterocycles. The lowest BCUT2D eigenvalue weighted by Crippen LogP contribution is -2.57. The molecule has 5 nitrogen and oxygen atoms in total. The SMILES string of the molecule is CC(C)CS(=O)(=O)C1CN(S(=O)(=O)c2cc(F)ccc2F)C1. The van der Waals surface area contributed by atoms with Crippen LogP contribution in [0.25, 0.3) is 0 Å². The summed E-state index contributed by atoms with van der Waals surface area (Å²) in [5, 5.41) is -0.790. The summed E-state index contributed by atoms with van der Waals surface area (Å²) in [5.41, 5.74) is 0. The topological polar surface area (TPSA) is 71.5 Å². The highest BCUT2D eigenvalue weighted by Gasteiger charge is 2.44. The van der Waals surface area contributed by atoms with Crippen LogP contribution in [0.2, 0.25) is 0 Å². The first kappa shape index (κ1) is 17.3. The summed E-state index contributed by atoms with van der Waals surface area (Å²) in [6, 6.07) is 2.15. The Morgan fingerprint density at radius 1 is 1.18 bits per heavy atom. The average molecular weight is 353 g/mol. The van der Waals surface area contributed by atoms with Crippen LogP contribution >= 0.6 is 0 Å². The maximum absolute atomic E-state index is 13.6. The van der Waals surface area contributed by atoms with E-state index in [1.807, 2.05) is 0 Å². The molecule has 1 aromatic rings. The molecule has 0 unspecified atom stereocenters.